The minimum atomic E-state index is -0.199. The van der Waals surface area contributed by atoms with E-state index in [0.29, 0.717) is 16.9 Å². The van der Waals surface area contributed by atoms with E-state index in [4.69, 9.17) is 16.1 Å². The largest absolute Gasteiger partial charge is 0.333 e. The lowest BCUT2D eigenvalue weighted by atomic mass is 10.4. The summed E-state index contributed by atoms with van der Waals surface area (Å²) in [5, 5.41) is 6.12. The molecule has 0 radical (unpaired) electrons. The first-order valence-electron chi connectivity index (χ1n) is 5.46. The van der Waals surface area contributed by atoms with E-state index in [1.165, 1.54) is 22.0 Å². The summed E-state index contributed by atoms with van der Waals surface area (Å²) in [7, 11) is 0. The molecule has 0 fully saturated rings. The molecule has 5 nitrogen and oxygen atoms in total. The van der Waals surface area contributed by atoms with Crippen LogP contribution in [0.3, 0.4) is 0 Å². The highest BCUT2D eigenvalue weighted by Gasteiger charge is 2.11. The predicted molar refractivity (Wildman–Crippen MR) is 72.4 cm³/mol. The van der Waals surface area contributed by atoms with E-state index in [-0.39, 0.29) is 12.1 Å². The summed E-state index contributed by atoms with van der Waals surface area (Å²) in [6.45, 7) is 0.188. The molecule has 0 N–H and O–H groups in total. The molecule has 0 saturated carbocycles. The van der Waals surface area contributed by atoms with E-state index < -0.39 is 0 Å². The van der Waals surface area contributed by atoms with Crippen molar-refractivity contribution in [3.8, 4) is 10.8 Å². The first kappa shape index (κ1) is 12.1. The molecule has 0 atom stereocenters. The summed E-state index contributed by atoms with van der Waals surface area (Å²) >= 11 is 7.48. The molecular formula is C12H8ClN3O2S. The van der Waals surface area contributed by atoms with Gasteiger partial charge in [-0.25, -0.2) is 0 Å². The first-order chi connectivity index (χ1) is 9.24. The number of thiophene rings is 1. The van der Waals surface area contributed by atoms with Gasteiger partial charge in [0.05, 0.1) is 11.4 Å². The summed E-state index contributed by atoms with van der Waals surface area (Å²) < 4.78 is 6.53. The number of aromatic nitrogens is 3. The first-order valence-corrected chi connectivity index (χ1v) is 6.71. The minimum absolute atomic E-state index is 0.188. The Hall–Kier alpha value is -1.92. The fourth-order valence-electron chi connectivity index (χ4n) is 1.61. The van der Waals surface area contributed by atoms with Crippen LogP contribution in [0.15, 0.2) is 45.0 Å². The zero-order chi connectivity index (χ0) is 13.2. The van der Waals surface area contributed by atoms with Gasteiger partial charge in [-0.1, -0.05) is 28.9 Å². The van der Waals surface area contributed by atoms with Crippen LogP contribution in [0.2, 0.25) is 5.15 Å². The SMILES string of the molecule is O=c1cccc(Cl)n1Cc1noc(-c2cccs2)n1. The van der Waals surface area contributed by atoms with Crippen LogP contribution in [0.5, 0.6) is 0 Å². The average Bonchev–Trinajstić information content (AvgIpc) is 3.04. The predicted octanol–water partition coefficient (Wildman–Crippen LogP) is 2.66. The molecule has 0 saturated heterocycles. The minimum Gasteiger partial charge on any atom is -0.333 e. The van der Waals surface area contributed by atoms with E-state index >= 15 is 0 Å². The van der Waals surface area contributed by atoms with Gasteiger partial charge in [0.15, 0.2) is 5.82 Å². The number of hydrogen-bond acceptors (Lipinski definition) is 5. The quantitative estimate of drug-likeness (QED) is 0.697. The second-order valence-corrected chi connectivity index (χ2v) is 5.10. The molecule has 0 unspecified atom stereocenters. The van der Waals surface area contributed by atoms with Gasteiger partial charge in [-0.05, 0) is 17.5 Å². The maximum atomic E-state index is 11.7. The number of nitrogens with zero attached hydrogens (tertiary/aromatic N) is 3. The molecule has 3 aromatic heterocycles. The molecule has 3 rings (SSSR count). The van der Waals surface area contributed by atoms with Gasteiger partial charge in [0.2, 0.25) is 0 Å². The number of hydrogen-bond donors (Lipinski definition) is 0. The normalized spacial score (nSPS) is 10.8. The lowest BCUT2D eigenvalue weighted by molar-refractivity contribution is 0.421. The molecular weight excluding hydrogens is 286 g/mol. The van der Waals surface area contributed by atoms with Gasteiger partial charge in [0.25, 0.3) is 11.4 Å². The van der Waals surface area contributed by atoms with E-state index in [2.05, 4.69) is 10.1 Å². The smallest absolute Gasteiger partial charge is 0.268 e. The summed E-state index contributed by atoms with van der Waals surface area (Å²) in [4.78, 5) is 16.8. The molecule has 0 aliphatic rings. The molecule has 3 heterocycles. The number of halogens is 1. The van der Waals surface area contributed by atoms with Crippen molar-refractivity contribution in [3.05, 3.63) is 57.0 Å². The monoisotopic (exact) mass is 293 g/mol. The standard InChI is InChI=1S/C12H8ClN3O2S/c13-9-4-1-5-11(17)16(9)7-10-14-12(18-15-10)8-3-2-6-19-8/h1-6H,7H2. The summed E-state index contributed by atoms with van der Waals surface area (Å²) in [5.74, 6) is 0.865. The zero-order valence-corrected chi connectivity index (χ0v) is 11.2. The molecule has 0 aliphatic carbocycles. The number of pyridine rings is 1. The molecule has 0 aromatic carbocycles. The van der Waals surface area contributed by atoms with Crippen LogP contribution in [0, 0.1) is 0 Å². The Bertz CT molecular complexity index is 748. The van der Waals surface area contributed by atoms with Gasteiger partial charge in [-0.15, -0.1) is 11.3 Å². The van der Waals surface area contributed by atoms with Crippen LogP contribution in [-0.2, 0) is 6.54 Å². The Morgan fingerprint density at radius 2 is 2.21 bits per heavy atom. The Balaban J connectivity index is 1.91. The van der Waals surface area contributed by atoms with Gasteiger partial charge in [-0.3, -0.25) is 9.36 Å². The molecule has 0 aliphatic heterocycles. The van der Waals surface area contributed by atoms with E-state index in [1.807, 2.05) is 17.5 Å². The Morgan fingerprint density at radius 1 is 1.32 bits per heavy atom. The van der Waals surface area contributed by atoms with Gasteiger partial charge >= 0.3 is 0 Å². The Morgan fingerprint density at radius 3 is 2.95 bits per heavy atom. The van der Waals surface area contributed by atoms with Crippen molar-refractivity contribution in [1.82, 2.24) is 14.7 Å². The third kappa shape index (κ3) is 2.45. The van der Waals surface area contributed by atoms with Crippen molar-refractivity contribution < 1.29 is 4.52 Å². The second kappa shape index (κ2) is 4.99. The summed E-state index contributed by atoms with van der Waals surface area (Å²) in [5.41, 5.74) is -0.199. The van der Waals surface area contributed by atoms with Crippen LogP contribution >= 0.6 is 22.9 Å². The maximum Gasteiger partial charge on any atom is 0.268 e. The zero-order valence-electron chi connectivity index (χ0n) is 9.62. The lowest BCUT2D eigenvalue weighted by Gasteiger charge is -2.03. The Labute approximate surface area is 117 Å². The van der Waals surface area contributed by atoms with Crippen molar-refractivity contribution in [3.63, 3.8) is 0 Å². The van der Waals surface area contributed by atoms with E-state index in [0.717, 1.165) is 4.88 Å². The van der Waals surface area contributed by atoms with Crippen molar-refractivity contribution >= 4 is 22.9 Å². The highest BCUT2D eigenvalue weighted by Crippen LogP contribution is 2.22. The lowest BCUT2D eigenvalue weighted by Crippen LogP contribution is -2.20. The molecule has 0 bridgehead atoms. The average molecular weight is 294 g/mol. The molecule has 19 heavy (non-hydrogen) atoms. The topological polar surface area (TPSA) is 60.9 Å². The van der Waals surface area contributed by atoms with Crippen LogP contribution in [0.4, 0.5) is 0 Å². The van der Waals surface area contributed by atoms with Gasteiger partial charge in [0.1, 0.15) is 5.15 Å². The van der Waals surface area contributed by atoms with Crippen LogP contribution < -0.4 is 5.56 Å². The molecule has 0 spiro atoms. The van der Waals surface area contributed by atoms with Crippen molar-refractivity contribution in [1.29, 1.82) is 0 Å². The van der Waals surface area contributed by atoms with Crippen molar-refractivity contribution in [2.75, 3.05) is 0 Å². The van der Waals surface area contributed by atoms with Crippen molar-refractivity contribution in [2.45, 2.75) is 6.54 Å². The van der Waals surface area contributed by atoms with E-state index in [1.54, 1.807) is 12.1 Å². The molecule has 7 heteroatoms. The van der Waals surface area contributed by atoms with Crippen molar-refractivity contribution in [2.24, 2.45) is 0 Å². The van der Waals surface area contributed by atoms with Gasteiger partial charge < -0.3 is 4.52 Å². The fraction of sp³-hybridized carbons (Fsp3) is 0.0833. The fourth-order valence-corrected chi connectivity index (χ4v) is 2.47. The summed E-state index contributed by atoms with van der Waals surface area (Å²) in [6.07, 6.45) is 0. The van der Waals surface area contributed by atoms with Crippen LogP contribution in [0.25, 0.3) is 10.8 Å². The highest BCUT2D eigenvalue weighted by atomic mass is 35.5. The maximum absolute atomic E-state index is 11.7. The third-order valence-electron chi connectivity index (χ3n) is 2.50. The third-order valence-corrected chi connectivity index (χ3v) is 3.68. The molecule has 0 amide bonds. The van der Waals surface area contributed by atoms with Gasteiger partial charge in [-0.2, -0.15) is 4.98 Å². The number of rotatable bonds is 3. The highest BCUT2D eigenvalue weighted by molar-refractivity contribution is 7.13. The van der Waals surface area contributed by atoms with E-state index in [9.17, 15) is 4.79 Å². The molecule has 96 valence electrons. The summed E-state index contributed by atoms with van der Waals surface area (Å²) in [6, 6.07) is 8.48. The Kier molecular flexibility index (Phi) is 3.18. The molecule has 3 aromatic rings. The van der Waals surface area contributed by atoms with Crippen LogP contribution in [0.1, 0.15) is 5.82 Å². The van der Waals surface area contributed by atoms with Crippen LogP contribution in [-0.4, -0.2) is 14.7 Å². The second-order valence-electron chi connectivity index (χ2n) is 3.77. The van der Waals surface area contributed by atoms with Gasteiger partial charge in [0, 0.05) is 6.07 Å².